The molecular formula is C30H34IrN2O2-2. The molecule has 5 heteroatoms. The number of nitrogens with zero attached hydrogens (tertiary/aromatic N) is 2. The number of carbonyl (C=O) groups is 1. The van der Waals surface area contributed by atoms with Gasteiger partial charge in [-0.25, -0.2) is 0 Å². The first-order valence-corrected chi connectivity index (χ1v) is 11.6. The fourth-order valence-corrected chi connectivity index (χ4v) is 3.43. The van der Waals surface area contributed by atoms with Crippen molar-refractivity contribution in [1.82, 2.24) is 0 Å². The van der Waals surface area contributed by atoms with E-state index in [1.807, 2.05) is 95.3 Å². The Morgan fingerprint density at radius 1 is 1.00 bits per heavy atom. The molecule has 4 nitrogen and oxygen atoms in total. The molecule has 0 aliphatic carbocycles. The summed E-state index contributed by atoms with van der Waals surface area (Å²) in [5.41, 5.74) is 3.29. The molecule has 0 unspecified atom stereocenters. The van der Waals surface area contributed by atoms with Crippen LogP contribution in [0.2, 0.25) is 0 Å². The third kappa shape index (κ3) is 10.5. The van der Waals surface area contributed by atoms with Crippen molar-refractivity contribution >= 4 is 34.2 Å². The van der Waals surface area contributed by atoms with Gasteiger partial charge in [-0.2, -0.15) is 6.21 Å². The molecule has 3 aromatic carbocycles. The number of benzene rings is 3. The predicted octanol–water partition coefficient (Wildman–Crippen LogP) is 7.86. The van der Waals surface area contributed by atoms with Gasteiger partial charge in [0.1, 0.15) is 0 Å². The van der Waals surface area contributed by atoms with Gasteiger partial charge in [-0.15, -0.1) is 35.9 Å². The second-order valence-corrected chi connectivity index (χ2v) is 9.16. The monoisotopic (exact) mass is 647 g/mol. The van der Waals surface area contributed by atoms with Crippen LogP contribution in [0.25, 0.3) is 16.2 Å². The molecule has 3 rings (SSSR count). The van der Waals surface area contributed by atoms with Crippen molar-refractivity contribution < 1.29 is 30.0 Å². The molecular weight excluding hydrogens is 613 g/mol. The minimum atomic E-state index is 0. The van der Waals surface area contributed by atoms with Gasteiger partial charge in [0.15, 0.2) is 5.78 Å². The zero-order valence-electron chi connectivity index (χ0n) is 21.1. The number of hydrogen-bond donors (Lipinski definition) is 1. The molecule has 0 fully saturated rings. The molecule has 0 spiro atoms. The Kier molecular flexibility index (Phi) is 13.1. The van der Waals surface area contributed by atoms with Crippen LogP contribution in [-0.4, -0.2) is 22.8 Å². The van der Waals surface area contributed by atoms with E-state index in [2.05, 4.69) is 11.1 Å². The molecule has 0 saturated heterocycles. The maximum absolute atomic E-state index is 11.2. The van der Waals surface area contributed by atoms with E-state index in [1.54, 1.807) is 0 Å². The van der Waals surface area contributed by atoms with Crippen LogP contribution in [0.1, 0.15) is 58.6 Å². The molecule has 35 heavy (non-hydrogen) atoms. The Hall–Kier alpha value is -2.88. The zero-order valence-corrected chi connectivity index (χ0v) is 23.5. The Bertz CT molecular complexity index is 1170. The predicted molar refractivity (Wildman–Crippen MR) is 144 cm³/mol. The summed E-state index contributed by atoms with van der Waals surface area (Å²) in [7, 11) is 0. The molecule has 0 aliphatic rings. The van der Waals surface area contributed by atoms with Crippen LogP contribution in [-0.2, 0) is 24.9 Å². The van der Waals surface area contributed by atoms with E-state index in [-0.39, 0.29) is 31.6 Å². The van der Waals surface area contributed by atoms with E-state index in [0.717, 1.165) is 33.9 Å². The average molecular weight is 647 g/mol. The van der Waals surface area contributed by atoms with Gasteiger partial charge in [-0.3, -0.25) is 4.79 Å². The van der Waals surface area contributed by atoms with Gasteiger partial charge in [0, 0.05) is 39.0 Å². The summed E-state index contributed by atoms with van der Waals surface area (Å²) in [6.45, 7) is 9.95. The van der Waals surface area contributed by atoms with Crippen LogP contribution in [0, 0.1) is 17.9 Å². The maximum Gasteiger partial charge on any atom is 0.159 e. The molecule has 3 aromatic rings. The Balaban J connectivity index is 0.000000383. The largest absolute Gasteiger partial charge is 0.810 e. The quantitative estimate of drug-likeness (QED) is 0.117. The van der Waals surface area contributed by atoms with Gasteiger partial charge in [0.05, 0.1) is 11.4 Å². The van der Waals surface area contributed by atoms with Gasteiger partial charge in [0.2, 0.25) is 0 Å². The summed E-state index contributed by atoms with van der Waals surface area (Å²) in [6, 6.07) is 22.9. The fraction of sp³-hybridized carbons (Fsp3) is 0.300. The molecule has 1 radical (unpaired) electrons. The van der Waals surface area contributed by atoms with Crippen molar-refractivity contribution in [3.05, 3.63) is 95.1 Å². The number of carbonyl (C=O) groups excluding carboxylic acids is 1. The van der Waals surface area contributed by atoms with Gasteiger partial charge in [0.25, 0.3) is 0 Å². The van der Waals surface area contributed by atoms with Crippen LogP contribution in [0.15, 0.2) is 77.5 Å². The number of aliphatic imine (C=N–C) groups is 1. The van der Waals surface area contributed by atoms with Crippen molar-refractivity contribution in [2.75, 3.05) is 0 Å². The number of ketones is 1. The fourth-order valence-electron chi connectivity index (χ4n) is 3.43. The van der Waals surface area contributed by atoms with Gasteiger partial charge >= 0.3 is 0 Å². The molecule has 0 bridgehead atoms. The number of fused-ring (bicyclic) bond motifs is 1. The molecule has 187 valence electrons. The molecule has 0 aliphatic heterocycles. The van der Waals surface area contributed by atoms with E-state index < -0.39 is 0 Å². The molecule has 0 saturated carbocycles. The van der Waals surface area contributed by atoms with Crippen molar-refractivity contribution in [3.63, 3.8) is 0 Å². The first kappa shape index (κ1) is 30.2. The SMILES string of the molecule is CC(=Nc1cc2ccccc2cc1C=[N-])c1[c-]cccc1.CC(C)CC(=O)/C=C(\O)CC(C)C.[Ir]. The topological polar surface area (TPSA) is 72.0 Å². The standard InChI is InChI=1S/C19H14N2.C11H20O2.Ir/c1-14(15-7-3-2-4-8-15)21-19-12-17-10-6-5-9-16(17)11-18(19)13-20;1-8(2)5-10(12)7-11(13)6-9(3)4;/h2-7,9-13H,1H3;7-9,12H,5-6H2,1-4H3;/q-2;;/b;10-7-;. The summed E-state index contributed by atoms with van der Waals surface area (Å²) in [4.78, 5) is 15.9. The van der Waals surface area contributed by atoms with Gasteiger partial charge < -0.3 is 15.5 Å². The summed E-state index contributed by atoms with van der Waals surface area (Å²) in [5.74, 6) is 0.979. The summed E-state index contributed by atoms with van der Waals surface area (Å²) >= 11 is 0. The summed E-state index contributed by atoms with van der Waals surface area (Å²) in [5, 5.41) is 21.0. The normalized spacial score (nSPS) is 11.6. The number of hydrogen-bond acceptors (Lipinski definition) is 3. The molecule has 0 amide bonds. The van der Waals surface area contributed by atoms with Crippen LogP contribution in [0.3, 0.4) is 0 Å². The maximum atomic E-state index is 11.2. The molecule has 0 heterocycles. The number of aliphatic hydroxyl groups excluding tert-OH is 1. The van der Waals surface area contributed by atoms with Crippen molar-refractivity contribution in [2.24, 2.45) is 16.8 Å². The van der Waals surface area contributed by atoms with Gasteiger partial charge in [-0.05, 0) is 46.0 Å². The average Bonchev–Trinajstić information content (AvgIpc) is 2.78. The third-order valence-electron chi connectivity index (χ3n) is 4.98. The van der Waals surface area contributed by atoms with E-state index in [9.17, 15) is 15.3 Å². The second kappa shape index (κ2) is 15.2. The Morgan fingerprint density at radius 3 is 2.14 bits per heavy atom. The first-order valence-electron chi connectivity index (χ1n) is 11.6. The van der Waals surface area contributed by atoms with E-state index in [0.29, 0.717) is 30.2 Å². The van der Waals surface area contributed by atoms with Crippen molar-refractivity contribution in [2.45, 2.75) is 47.5 Å². The van der Waals surface area contributed by atoms with Crippen molar-refractivity contribution in [3.8, 4) is 0 Å². The van der Waals surface area contributed by atoms with E-state index in [1.165, 1.54) is 6.08 Å². The minimum Gasteiger partial charge on any atom is -0.810 e. The molecule has 0 atom stereocenters. The second-order valence-electron chi connectivity index (χ2n) is 9.16. The minimum absolute atomic E-state index is 0. The zero-order chi connectivity index (χ0) is 25.1. The summed E-state index contributed by atoms with van der Waals surface area (Å²) < 4.78 is 0. The van der Waals surface area contributed by atoms with Gasteiger partial charge in [-0.1, -0.05) is 58.9 Å². The Labute approximate surface area is 223 Å². The molecule has 1 N–H and O–H groups in total. The first-order chi connectivity index (χ1) is 16.2. The van der Waals surface area contributed by atoms with Crippen LogP contribution in [0.4, 0.5) is 5.69 Å². The van der Waals surface area contributed by atoms with Crippen LogP contribution < -0.4 is 0 Å². The number of allylic oxidation sites excluding steroid dienone is 2. The van der Waals surface area contributed by atoms with Crippen LogP contribution in [0.5, 0.6) is 0 Å². The molecule has 0 aromatic heterocycles. The number of rotatable bonds is 8. The van der Waals surface area contributed by atoms with Crippen molar-refractivity contribution in [1.29, 1.82) is 0 Å². The smallest absolute Gasteiger partial charge is 0.159 e. The summed E-state index contributed by atoms with van der Waals surface area (Å²) in [6.07, 6.45) is 3.57. The number of aliphatic hydroxyl groups is 1. The van der Waals surface area contributed by atoms with E-state index >= 15 is 0 Å². The Morgan fingerprint density at radius 2 is 1.60 bits per heavy atom. The third-order valence-corrected chi connectivity index (χ3v) is 4.98. The van der Waals surface area contributed by atoms with E-state index in [4.69, 9.17) is 0 Å². The van der Waals surface area contributed by atoms with Crippen LogP contribution >= 0.6 is 0 Å².